The van der Waals surface area contributed by atoms with E-state index in [0.29, 0.717) is 29.5 Å². The number of ether oxygens (including phenoxy) is 1. The fourth-order valence-corrected chi connectivity index (χ4v) is 6.46. The van der Waals surface area contributed by atoms with Gasteiger partial charge in [-0.05, 0) is 68.7 Å². The second-order valence-corrected chi connectivity index (χ2v) is 12.2. The van der Waals surface area contributed by atoms with Crippen LogP contribution in [-0.2, 0) is 30.7 Å². The third-order valence-corrected chi connectivity index (χ3v) is 9.19. The van der Waals surface area contributed by atoms with Crippen LogP contribution in [-0.4, -0.2) is 33.5 Å². The molecule has 1 aromatic heterocycles. The number of nitrogens with zero attached hydrogens (tertiary/aromatic N) is 1. The van der Waals surface area contributed by atoms with Crippen LogP contribution in [0.2, 0.25) is 0 Å². The zero-order valence-electron chi connectivity index (χ0n) is 19.3. The van der Waals surface area contributed by atoms with Crippen molar-refractivity contribution < 1.29 is 25.8 Å². The number of fused-ring (bicyclic) bond motifs is 3. The summed E-state index contributed by atoms with van der Waals surface area (Å²) in [5.41, 5.74) is 3.37. The molecule has 0 spiro atoms. The van der Waals surface area contributed by atoms with Gasteiger partial charge in [-0.1, -0.05) is 41.5 Å². The van der Waals surface area contributed by atoms with Crippen LogP contribution < -0.4 is 4.74 Å². The third-order valence-electron chi connectivity index (χ3n) is 6.19. The van der Waals surface area contributed by atoms with Gasteiger partial charge < -0.3 is 4.74 Å². The number of aryl methyl sites for hydroxylation is 3. The number of benzene rings is 3. The van der Waals surface area contributed by atoms with E-state index in [0.717, 1.165) is 16.7 Å². The minimum Gasteiger partial charge on any atom is -0.487 e. The molecule has 0 bridgehead atoms. The highest BCUT2D eigenvalue weighted by Gasteiger charge is 2.27. The van der Waals surface area contributed by atoms with Crippen molar-refractivity contribution in [2.75, 3.05) is 6.61 Å². The molecule has 0 saturated heterocycles. The van der Waals surface area contributed by atoms with E-state index in [1.807, 2.05) is 19.9 Å². The van der Waals surface area contributed by atoms with Crippen LogP contribution in [0.5, 0.6) is 5.75 Å². The first kappa shape index (κ1) is 23.6. The summed E-state index contributed by atoms with van der Waals surface area (Å²) in [5, 5.41) is 0.657. The second-order valence-electron chi connectivity index (χ2n) is 8.75. The maximum Gasteiger partial charge on any atom is 0.297 e. The second kappa shape index (κ2) is 8.82. The van der Waals surface area contributed by atoms with Gasteiger partial charge in [0.1, 0.15) is 18.5 Å². The molecule has 4 aromatic rings. The molecular weight excluding hydrogens is 486 g/mol. The summed E-state index contributed by atoms with van der Waals surface area (Å²) in [5.74, 6) is 0.563. The summed E-state index contributed by atoms with van der Waals surface area (Å²) >= 11 is 0. The van der Waals surface area contributed by atoms with Gasteiger partial charge in [-0.2, -0.15) is 8.42 Å². The lowest BCUT2D eigenvalue weighted by atomic mass is 10.0. The van der Waals surface area contributed by atoms with Crippen molar-refractivity contribution >= 4 is 31.0 Å². The first-order valence-corrected chi connectivity index (χ1v) is 14.1. The van der Waals surface area contributed by atoms with Crippen molar-refractivity contribution in [1.29, 1.82) is 0 Å². The SMILES string of the molecule is Cc1ccc(S(=O)(=O)OC[C@H]2CCc3ccc4c(ccn4S(=O)(=O)c4ccc(C)cc4)c3O2)cc1. The lowest BCUT2D eigenvalue weighted by Crippen LogP contribution is -2.29. The largest absolute Gasteiger partial charge is 0.487 e. The first-order chi connectivity index (χ1) is 16.6. The Morgan fingerprint density at radius 3 is 2.14 bits per heavy atom. The van der Waals surface area contributed by atoms with E-state index in [-0.39, 0.29) is 16.4 Å². The molecule has 1 aliphatic heterocycles. The smallest absolute Gasteiger partial charge is 0.297 e. The highest BCUT2D eigenvalue weighted by molar-refractivity contribution is 7.90. The Labute approximate surface area is 205 Å². The molecule has 0 N–H and O–H groups in total. The summed E-state index contributed by atoms with van der Waals surface area (Å²) in [6.07, 6.45) is 2.29. The van der Waals surface area contributed by atoms with Crippen LogP contribution >= 0.6 is 0 Å². The first-order valence-electron chi connectivity index (χ1n) is 11.2. The Hall–Kier alpha value is -3.14. The highest BCUT2D eigenvalue weighted by Crippen LogP contribution is 2.37. The van der Waals surface area contributed by atoms with Gasteiger partial charge in [0, 0.05) is 11.6 Å². The molecule has 3 aromatic carbocycles. The van der Waals surface area contributed by atoms with Gasteiger partial charge in [0.15, 0.2) is 0 Å². The van der Waals surface area contributed by atoms with Crippen LogP contribution in [0.4, 0.5) is 0 Å². The standard InChI is InChI=1S/C26H25NO6S2/c1-18-3-10-22(11-4-18)34(28,29)27-16-15-24-25(27)14-8-20-7-9-21(33-26(20)24)17-32-35(30,31)23-12-5-19(2)6-13-23/h3-6,8,10-16,21H,7,9,17H2,1-2H3/t21-/m1/s1. The minimum absolute atomic E-state index is 0.0973. The topological polar surface area (TPSA) is 91.7 Å². The van der Waals surface area contributed by atoms with Crippen molar-refractivity contribution in [3.05, 3.63) is 89.6 Å². The third kappa shape index (κ3) is 4.47. The molecule has 35 heavy (non-hydrogen) atoms. The van der Waals surface area contributed by atoms with Gasteiger partial charge in [0.2, 0.25) is 0 Å². The molecule has 5 rings (SSSR count). The Kier molecular flexibility index (Phi) is 5.94. The normalized spacial score (nSPS) is 16.1. The average Bonchev–Trinajstić information content (AvgIpc) is 3.29. The summed E-state index contributed by atoms with van der Waals surface area (Å²) in [7, 11) is -7.69. The molecule has 0 amide bonds. The lowest BCUT2D eigenvalue weighted by Gasteiger charge is -2.26. The van der Waals surface area contributed by atoms with E-state index < -0.39 is 26.2 Å². The maximum absolute atomic E-state index is 13.3. The molecule has 182 valence electrons. The van der Waals surface area contributed by atoms with Crippen LogP contribution in [0.15, 0.2) is 82.7 Å². The fourth-order valence-electron chi connectivity index (χ4n) is 4.18. The number of aromatic nitrogens is 1. The van der Waals surface area contributed by atoms with Crippen LogP contribution in [0.1, 0.15) is 23.1 Å². The van der Waals surface area contributed by atoms with E-state index in [9.17, 15) is 16.8 Å². The van der Waals surface area contributed by atoms with Gasteiger partial charge >= 0.3 is 0 Å². The molecule has 1 aliphatic rings. The van der Waals surface area contributed by atoms with E-state index in [1.54, 1.807) is 48.5 Å². The van der Waals surface area contributed by atoms with E-state index in [1.165, 1.54) is 22.3 Å². The van der Waals surface area contributed by atoms with Crippen LogP contribution in [0, 0.1) is 13.8 Å². The molecule has 7 nitrogen and oxygen atoms in total. The molecule has 0 saturated carbocycles. The quantitative estimate of drug-likeness (QED) is 0.352. The predicted molar refractivity (Wildman–Crippen MR) is 133 cm³/mol. The molecule has 9 heteroatoms. The van der Waals surface area contributed by atoms with Gasteiger partial charge in [-0.25, -0.2) is 12.4 Å². The van der Waals surface area contributed by atoms with Crippen molar-refractivity contribution in [2.24, 2.45) is 0 Å². The lowest BCUT2D eigenvalue weighted by molar-refractivity contribution is 0.114. The Morgan fingerprint density at radius 2 is 1.49 bits per heavy atom. The Bertz CT molecular complexity index is 1600. The fraction of sp³-hybridized carbons (Fsp3) is 0.231. The van der Waals surface area contributed by atoms with Crippen molar-refractivity contribution in [1.82, 2.24) is 3.97 Å². The number of rotatable bonds is 6. The number of hydrogen-bond donors (Lipinski definition) is 0. The van der Waals surface area contributed by atoms with Gasteiger partial charge in [0.25, 0.3) is 20.1 Å². The van der Waals surface area contributed by atoms with Gasteiger partial charge in [-0.3, -0.25) is 4.18 Å². The van der Waals surface area contributed by atoms with E-state index >= 15 is 0 Å². The van der Waals surface area contributed by atoms with Crippen LogP contribution in [0.25, 0.3) is 10.9 Å². The van der Waals surface area contributed by atoms with Crippen molar-refractivity contribution in [2.45, 2.75) is 42.6 Å². The molecule has 0 aliphatic carbocycles. The molecular formula is C26H25NO6S2. The number of hydrogen-bond acceptors (Lipinski definition) is 6. The van der Waals surface area contributed by atoms with Gasteiger partial charge in [0.05, 0.1) is 15.3 Å². The molecule has 0 radical (unpaired) electrons. The summed E-state index contributed by atoms with van der Waals surface area (Å²) < 4.78 is 64.3. The average molecular weight is 512 g/mol. The molecule has 2 heterocycles. The molecule has 1 atom stereocenters. The van der Waals surface area contributed by atoms with Crippen LogP contribution in [0.3, 0.4) is 0 Å². The Morgan fingerprint density at radius 1 is 0.857 bits per heavy atom. The highest BCUT2D eigenvalue weighted by atomic mass is 32.2. The predicted octanol–water partition coefficient (Wildman–Crippen LogP) is 4.59. The van der Waals surface area contributed by atoms with Gasteiger partial charge in [-0.15, -0.1) is 0 Å². The zero-order chi connectivity index (χ0) is 24.8. The van der Waals surface area contributed by atoms with E-state index in [2.05, 4.69) is 0 Å². The summed E-state index contributed by atoms with van der Waals surface area (Å²) in [4.78, 5) is 0.298. The maximum atomic E-state index is 13.3. The summed E-state index contributed by atoms with van der Waals surface area (Å²) in [6, 6.07) is 18.5. The van der Waals surface area contributed by atoms with Crippen molar-refractivity contribution in [3.8, 4) is 5.75 Å². The zero-order valence-corrected chi connectivity index (χ0v) is 21.0. The molecule has 0 fully saturated rings. The summed E-state index contributed by atoms with van der Waals surface area (Å²) in [6.45, 7) is 3.65. The molecule has 0 unspecified atom stereocenters. The minimum atomic E-state index is -3.91. The monoisotopic (exact) mass is 511 g/mol. The van der Waals surface area contributed by atoms with E-state index in [4.69, 9.17) is 8.92 Å². The van der Waals surface area contributed by atoms with Crippen molar-refractivity contribution in [3.63, 3.8) is 0 Å². The Balaban J connectivity index is 1.40.